The van der Waals surface area contributed by atoms with Crippen molar-refractivity contribution in [1.29, 1.82) is 0 Å². The van der Waals surface area contributed by atoms with Gasteiger partial charge in [-0.25, -0.2) is 9.69 Å². The van der Waals surface area contributed by atoms with Gasteiger partial charge in [0.2, 0.25) is 6.79 Å². The lowest BCUT2D eigenvalue weighted by Gasteiger charge is -2.27. The molecule has 2 aliphatic rings. The summed E-state index contributed by atoms with van der Waals surface area (Å²) < 4.78 is 11.3. The maximum absolute atomic E-state index is 13.0. The number of aryl methyl sites for hydroxylation is 2. The van der Waals surface area contributed by atoms with Crippen molar-refractivity contribution >= 4 is 45.5 Å². The summed E-state index contributed by atoms with van der Waals surface area (Å²) in [7, 11) is 0. The van der Waals surface area contributed by atoms with E-state index in [9.17, 15) is 14.4 Å². The third kappa shape index (κ3) is 3.05. The number of rotatable bonds is 2. The van der Waals surface area contributed by atoms with Crippen molar-refractivity contribution in [3.63, 3.8) is 0 Å². The standard InChI is InChI=1S/C20H15BrN2O5/c1-10-3-4-13(5-11(10)2)23-19(25)14(18(24)22-20(23)26)6-12-7-16-17(8-15(12)21)28-9-27-16/h3-8H,9H2,1-2H3,(H,22,24,26)/b14-6-. The summed E-state index contributed by atoms with van der Waals surface area (Å²) in [4.78, 5) is 38.6. The number of hydrogen-bond donors (Lipinski definition) is 1. The minimum Gasteiger partial charge on any atom is -0.454 e. The number of nitrogens with one attached hydrogen (secondary N) is 1. The molecule has 28 heavy (non-hydrogen) atoms. The van der Waals surface area contributed by atoms with Crippen LogP contribution < -0.4 is 19.7 Å². The predicted molar refractivity (Wildman–Crippen MR) is 105 cm³/mol. The average Bonchev–Trinajstić information content (AvgIpc) is 3.08. The molecule has 4 amide bonds. The van der Waals surface area contributed by atoms with Crippen molar-refractivity contribution in [2.75, 3.05) is 11.7 Å². The fourth-order valence-electron chi connectivity index (χ4n) is 2.96. The largest absolute Gasteiger partial charge is 0.454 e. The Kier molecular flexibility index (Phi) is 4.43. The third-order valence-electron chi connectivity index (χ3n) is 4.64. The summed E-state index contributed by atoms with van der Waals surface area (Å²) in [6, 6.07) is 7.81. The van der Waals surface area contributed by atoms with Crippen LogP contribution in [-0.2, 0) is 9.59 Å². The van der Waals surface area contributed by atoms with Crippen LogP contribution in [0.25, 0.3) is 6.08 Å². The highest BCUT2D eigenvalue weighted by Crippen LogP contribution is 2.38. The van der Waals surface area contributed by atoms with E-state index in [0.717, 1.165) is 16.0 Å². The number of carbonyl (C=O) groups is 3. The number of urea groups is 1. The summed E-state index contributed by atoms with van der Waals surface area (Å²) in [6.07, 6.45) is 1.42. The van der Waals surface area contributed by atoms with Crippen LogP contribution in [0, 0.1) is 13.8 Å². The summed E-state index contributed by atoms with van der Waals surface area (Å²) in [6.45, 7) is 3.93. The molecule has 0 aromatic heterocycles. The van der Waals surface area contributed by atoms with Gasteiger partial charge < -0.3 is 9.47 Å². The molecule has 4 rings (SSSR count). The Morgan fingerprint density at radius 1 is 1.04 bits per heavy atom. The molecule has 0 unspecified atom stereocenters. The van der Waals surface area contributed by atoms with E-state index in [1.807, 2.05) is 19.9 Å². The molecule has 1 saturated heterocycles. The van der Waals surface area contributed by atoms with Crippen LogP contribution in [0.3, 0.4) is 0 Å². The molecule has 8 heteroatoms. The molecule has 0 aliphatic carbocycles. The quantitative estimate of drug-likeness (QED) is 0.568. The number of barbiturate groups is 1. The van der Waals surface area contributed by atoms with Crippen LogP contribution in [0.4, 0.5) is 10.5 Å². The first-order chi connectivity index (χ1) is 13.3. The molecule has 7 nitrogen and oxygen atoms in total. The van der Waals surface area contributed by atoms with Crippen molar-refractivity contribution in [3.8, 4) is 11.5 Å². The lowest BCUT2D eigenvalue weighted by atomic mass is 10.0. The Morgan fingerprint density at radius 3 is 2.46 bits per heavy atom. The van der Waals surface area contributed by atoms with Gasteiger partial charge in [0.25, 0.3) is 11.8 Å². The second kappa shape index (κ2) is 6.79. The van der Waals surface area contributed by atoms with Gasteiger partial charge in [-0.3, -0.25) is 14.9 Å². The third-order valence-corrected chi connectivity index (χ3v) is 5.33. The van der Waals surface area contributed by atoms with E-state index in [-0.39, 0.29) is 12.4 Å². The van der Waals surface area contributed by atoms with E-state index < -0.39 is 17.8 Å². The lowest BCUT2D eigenvalue weighted by molar-refractivity contribution is -0.122. The van der Waals surface area contributed by atoms with Gasteiger partial charge in [-0.05, 0) is 60.9 Å². The molecule has 0 spiro atoms. The van der Waals surface area contributed by atoms with Gasteiger partial charge in [0.05, 0.1) is 5.69 Å². The molecule has 2 aliphatic heterocycles. The number of imide groups is 2. The first-order valence-electron chi connectivity index (χ1n) is 8.43. The van der Waals surface area contributed by atoms with Gasteiger partial charge in [-0.1, -0.05) is 22.0 Å². The molecule has 1 fully saturated rings. The number of ether oxygens (including phenoxy) is 2. The first kappa shape index (κ1) is 18.2. The van der Waals surface area contributed by atoms with Crippen molar-refractivity contribution in [2.24, 2.45) is 0 Å². The van der Waals surface area contributed by atoms with Crippen LogP contribution in [-0.4, -0.2) is 24.6 Å². The molecule has 142 valence electrons. The molecule has 1 N–H and O–H groups in total. The molecular weight excluding hydrogens is 428 g/mol. The fraction of sp³-hybridized carbons (Fsp3) is 0.150. The summed E-state index contributed by atoms with van der Waals surface area (Å²) in [5.74, 6) is -0.359. The molecule has 2 heterocycles. The van der Waals surface area contributed by atoms with Crippen LogP contribution in [0.5, 0.6) is 11.5 Å². The highest BCUT2D eigenvalue weighted by molar-refractivity contribution is 9.10. The van der Waals surface area contributed by atoms with Crippen LogP contribution in [0.15, 0.2) is 40.4 Å². The zero-order chi connectivity index (χ0) is 20.0. The molecule has 0 saturated carbocycles. The van der Waals surface area contributed by atoms with Crippen LogP contribution in [0.1, 0.15) is 16.7 Å². The second-order valence-electron chi connectivity index (χ2n) is 6.45. The Morgan fingerprint density at radius 2 is 1.75 bits per heavy atom. The van der Waals surface area contributed by atoms with E-state index in [2.05, 4.69) is 21.2 Å². The van der Waals surface area contributed by atoms with Gasteiger partial charge in [-0.2, -0.15) is 0 Å². The Bertz CT molecular complexity index is 1080. The number of nitrogens with zero attached hydrogens (tertiary/aromatic N) is 1. The lowest BCUT2D eigenvalue weighted by Crippen LogP contribution is -2.54. The van der Waals surface area contributed by atoms with Gasteiger partial charge in [0.1, 0.15) is 5.57 Å². The van der Waals surface area contributed by atoms with E-state index in [0.29, 0.717) is 27.2 Å². The second-order valence-corrected chi connectivity index (χ2v) is 7.31. The maximum atomic E-state index is 13.0. The fourth-order valence-corrected chi connectivity index (χ4v) is 3.39. The van der Waals surface area contributed by atoms with Crippen molar-refractivity contribution in [1.82, 2.24) is 5.32 Å². The molecule has 2 aromatic carbocycles. The number of halogens is 1. The molecule has 0 atom stereocenters. The number of anilines is 1. The van der Waals surface area contributed by atoms with Gasteiger partial charge in [0, 0.05) is 4.47 Å². The van der Waals surface area contributed by atoms with Crippen LogP contribution in [0.2, 0.25) is 0 Å². The Labute approximate surface area is 169 Å². The minimum absolute atomic E-state index is 0.107. The summed E-state index contributed by atoms with van der Waals surface area (Å²) in [5.41, 5.74) is 2.76. The SMILES string of the molecule is Cc1ccc(N2C(=O)NC(=O)/C(=C/c3cc4c(cc3Br)OCO4)C2=O)cc1C. The van der Waals surface area contributed by atoms with Gasteiger partial charge >= 0.3 is 6.03 Å². The zero-order valence-corrected chi connectivity index (χ0v) is 16.6. The number of carbonyl (C=O) groups excluding carboxylic acids is 3. The molecule has 0 bridgehead atoms. The highest BCUT2D eigenvalue weighted by atomic mass is 79.9. The van der Waals surface area contributed by atoms with Gasteiger partial charge in [-0.15, -0.1) is 0 Å². The summed E-state index contributed by atoms with van der Waals surface area (Å²) >= 11 is 3.40. The monoisotopic (exact) mass is 442 g/mol. The smallest absolute Gasteiger partial charge is 0.335 e. The number of hydrogen-bond acceptors (Lipinski definition) is 5. The van der Waals surface area contributed by atoms with Crippen molar-refractivity contribution < 1.29 is 23.9 Å². The topological polar surface area (TPSA) is 84.9 Å². The predicted octanol–water partition coefficient (Wildman–Crippen LogP) is 3.46. The van der Waals surface area contributed by atoms with Crippen molar-refractivity contribution in [3.05, 3.63) is 57.1 Å². The van der Waals surface area contributed by atoms with E-state index in [1.165, 1.54) is 6.08 Å². The molecule has 0 radical (unpaired) electrons. The number of amides is 4. The number of fused-ring (bicyclic) bond motifs is 1. The van der Waals surface area contributed by atoms with E-state index >= 15 is 0 Å². The molecule has 2 aromatic rings. The zero-order valence-electron chi connectivity index (χ0n) is 15.0. The maximum Gasteiger partial charge on any atom is 0.335 e. The van der Waals surface area contributed by atoms with Crippen LogP contribution >= 0.6 is 15.9 Å². The van der Waals surface area contributed by atoms with Crippen molar-refractivity contribution in [2.45, 2.75) is 13.8 Å². The first-order valence-corrected chi connectivity index (χ1v) is 9.22. The Hall–Kier alpha value is -3.13. The highest BCUT2D eigenvalue weighted by Gasteiger charge is 2.37. The van der Waals surface area contributed by atoms with E-state index in [4.69, 9.17) is 9.47 Å². The summed E-state index contributed by atoms with van der Waals surface area (Å²) in [5, 5.41) is 2.22. The average molecular weight is 443 g/mol. The Balaban J connectivity index is 1.76. The van der Waals surface area contributed by atoms with Gasteiger partial charge in [0.15, 0.2) is 11.5 Å². The minimum atomic E-state index is -0.778. The number of benzene rings is 2. The normalized spacial score (nSPS) is 17.3. The molecular formula is C20H15BrN2O5. The van der Waals surface area contributed by atoms with E-state index in [1.54, 1.807) is 24.3 Å².